The van der Waals surface area contributed by atoms with Gasteiger partial charge in [0.1, 0.15) is 0 Å². The SMILES string of the molecule is CC.CCOC.O.O.O. The second-order valence-corrected chi connectivity index (χ2v) is 0.577. The van der Waals surface area contributed by atoms with Crippen molar-refractivity contribution in [3.63, 3.8) is 0 Å². The van der Waals surface area contributed by atoms with Gasteiger partial charge in [0, 0.05) is 13.7 Å². The summed E-state index contributed by atoms with van der Waals surface area (Å²) < 4.78 is 4.54. The first-order valence-electron chi connectivity index (χ1n) is 2.40. The molecule has 4 nitrogen and oxygen atoms in total. The van der Waals surface area contributed by atoms with Crippen LogP contribution in [-0.2, 0) is 4.74 Å². The maximum Gasteiger partial charge on any atom is 0.0433 e. The summed E-state index contributed by atoms with van der Waals surface area (Å²) in [6.07, 6.45) is 0. The van der Waals surface area contributed by atoms with Gasteiger partial charge in [-0.05, 0) is 6.92 Å². The molecule has 0 bridgehead atoms. The van der Waals surface area contributed by atoms with Gasteiger partial charge in [0.25, 0.3) is 0 Å². The smallest absolute Gasteiger partial charge is 0.0433 e. The average molecular weight is 144 g/mol. The maximum absolute atomic E-state index is 4.54. The Kier molecular flexibility index (Phi) is 444. The first kappa shape index (κ1) is 36.8. The topological polar surface area (TPSA) is 104 Å². The van der Waals surface area contributed by atoms with E-state index in [-0.39, 0.29) is 16.4 Å². The van der Waals surface area contributed by atoms with Crippen LogP contribution in [0.2, 0.25) is 0 Å². The Morgan fingerprint density at radius 2 is 1.11 bits per heavy atom. The van der Waals surface area contributed by atoms with Gasteiger partial charge in [0.05, 0.1) is 0 Å². The molecule has 4 heteroatoms. The Labute approximate surface area is 56.8 Å². The monoisotopic (exact) mass is 144 g/mol. The first-order valence-corrected chi connectivity index (χ1v) is 2.40. The predicted octanol–water partition coefficient (Wildman–Crippen LogP) is -0.795. The molecular formula is C5H20O4. The Morgan fingerprint density at radius 1 is 1.00 bits per heavy atom. The summed E-state index contributed by atoms with van der Waals surface area (Å²) in [5.41, 5.74) is 0. The van der Waals surface area contributed by atoms with Crippen LogP contribution in [0.4, 0.5) is 0 Å². The van der Waals surface area contributed by atoms with Gasteiger partial charge in [-0.2, -0.15) is 0 Å². The summed E-state index contributed by atoms with van der Waals surface area (Å²) in [4.78, 5) is 0. The van der Waals surface area contributed by atoms with Gasteiger partial charge in [0.2, 0.25) is 0 Å². The molecule has 0 aromatic carbocycles. The number of hydrogen-bond donors (Lipinski definition) is 0. The van der Waals surface area contributed by atoms with Crippen molar-refractivity contribution in [2.24, 2.45) is 0 Å². The van der Waals surface area contributed by atoms with E-state index in [1.54, 1.807) is 7.11 Å². The van der Waals surface area contributed by atoms with Crippen molar-refractivity contribution in [2.75, 3.05) is 13.7 Å². The molecule has 0 unspecified atom stereocenters. The van der Waals surface area contributed by atoms with Crippen molar-refractivity contribution in [2.45, 2.75) is 20.8 Å². The largest absolute Gasteiger partial charge is 0.412 e. The number of hydrogen-bond acceptors (Lipinski definition) is 1. The van der Waals surface area contributed by atoms with E-state index in [0.29, 0.717) is 0 Å². The Balaban J connectivity index is -0.00000000990. The molecule has 64 valence electrons. The maximum atomic E-state index is 4.54. The zero-order chi connectivity index (χ0) is 5.41. The summed E-state index contributed by atoms with van der Waals surface area (Å²) in [5.74, 6) is 0. The molecule has 0 fully saturated rings. The van der Waals surface area contributed by atoms with E-state index < -0.39 is 0 Å². The molecule has 0 aromatic rings. The van der Waals surface area contributed by atoms with Crippen LogP contribution in [0, 0.1) is 0 Å². The third kappa shape index (κ3) is 379. The standard InChI is InChI=1S/C3H8O.C2H6.3H2O/c1-3-4-2;1-2;;;/h3H2,1-2H3;1-2H3;3*1H2. The van der Waals surface area contributed by atoms with Gasteiger partial charge >= 0.3 is 0 Å². The van der Waals surface area contributed by atoms with E-state index in [9.17, 15) is 0 Å². The highest BCUT2D eigenvalue weighted by molar-refractivity contribution is 3.94. The van der Waals surface area contributed by atoms with E-state index >= 15 is 0 Å². The molecule has 0 heterocycles. The van der Waals surface area contributed by atoms with Crippen LogP contribution in [0.15, 0.2) is 0 Å². The van der Waals surface area contributed by atoms with E-state index in [2.05, 4.69) is 4.74 Å². The van der Waals surface area contributed by atoms with Crippen LogP contribution in [-0.4, -0.2) is 30.1 Å². The Bertz CT molecular complexity index is 10.9. The quantitative estimate of drug-likeness (QED) is 0.472. The lowest BCUT2D eigenvalue weighted by Crippen LogP contribution is -1.73. The minimum atomic E-state index is 0. The molecule has 0 radical (unpaired) electrons. The molecule has 0 saturated heterocycles. The normalized spacial score (nSPS) is 4.00. The van der Waals surface area contributed by atoms with E-state index in [1.807, 2.05) is 20.8 Å². The number of methoxy groups -OCH3 is 1. The Morgan fingerprint density at radius 3 is 1.11 bits per heavy atom. The summed E-state index contributed by atoms with van der Waals surface area (Å²) in [7, 11) is 1.68. The summed E-state index contributed by atoms with van der Waals surface area (Å²) >= 11 is 0. The molecule has 0 aromatic heterocycles. The highest BCUT2D eigenvalue weighted by atomic mass is 16.5. The fraction of sp³-hybridized carbons (Fsp3) is 1.00. The van der Waals surface area contributed by atoms with Crippen molar-refractivity contribution >= 4 is 0 Å². The van der Waals surface area contributed by atoms with Gasteiger partial charge in [-0.25, -0.2) is 0 Å². The molecule has 0 atom stereocenters. The van der Waals surface area contributed by atoms with Crippen LogP contribution < -0.4 is 0 Å². The molecule has 6 N–H and O–H groups in total. The van der Waals surface area contributed by atoms with Gasteiger partial charge in [-0.1, -0.05) is 13.8 Å². The summed E-state index contributed by atoms with van der Waals surface area (Å²) in [5, 5.41) is 0. The van der Waals surface area contributed by atoms with Gasteiger partial charge < -0.3 is 21.2 Å². The van der Waals surface area contributed by atoms with Crippen molar-refractivity contribution in [1.29, 1.82) is 0 Å². The lowest BCUT2D eigenvalue weighted by molar-refractivity contribution is 0.215. The molecule has 0 aliphatic rings. The van der Waals surface area contributed by atoms with E-state index in [1.165, 1.54) is 0 Å². The second kappa shape index (κ2) is 108. The van der Waals surface area contributed by atoms with Gasteiger partial charge in [0.15, 0.2) is 0 Å². The molecule has 0 aliphatic carbocycles. The van der Waals surface area contributed by atoms with Crippen LogP contribution in [0.3, 0.4) is 0 Å². The minimum absolute atomic E-state index is 0. The van der Waals surface area contributed by atoms with Gasteiger partial charge in [-0.15, -0.1) is 0 Å². The highest BCUT2D eigenvalue weighted by Gasteiger charge is 1.51. The van der Waals surface area contributed by atoms with Crippen molar-refractivity contribution in [3.8, 4) is 0 Å². The molecule has 9 heavy (non-hydrogen) atoms. The fourth-order valence-corrected chi connectivity index (χ4v) is 0. The van der Waals surface area contributed by atoms with Crippen LogP contribution in [0.5, 0.6) is 0 Å². The van der Waals surface area contributed by atoms with Crippen LogP contribution in [0.25, 0.3) is 0 Å². The second-order valence-electron chi connectivity index (χ2n) is 0.577. The molecule has 0 spiro atoms. The number of rotatable bonds is 1. The van der Waals surface area contributed by atoms with Gasteiger partial charge in [-0.3, -0.25) is 0 Å². The Hall–Kier alpha value is -0.160. The average Bonchev–Trinajstić information content (AvgIpc) is 1.72. The van der Waals surface area contributed by atoms with E-state index in [4.69, 9.17) is 0 Å². The zero-order valence-corrected chi connectivity index (χ0v) is 6.62. The molecule has 0 saturated carbocycles. The first-order chi connectivity index (χ1) is 2.91. The van der Waals surface area contributed by atoms with Crippen molar-refractivity contribution in [1.82, 2.24) is 0 Å². The number of ether oxygens (including phenoxy) is 1. The van der Waals surface area contributed by atoms with Crippen molar-refractivity contribution < 1.29 is 21.2 Å². The molecular weight excluding hydrogens is 124 g/mol. The third-order valence-electron chi connectivity index (χ3n) is 0.289. The van der Waals surface area contributed by atoms with E-state index in [0.717, 1.165) is 6.61 Å². The highest BCUT2D eigenvalue weighted by Crippen LogP contribution is 1.52. The van der Waals surface area contributed by atoms with Crippen molar-refractivity contribution in [3.05, 3.63) is 0 Å². The lowest BCUT2D eigenvalue weighted by atomic mass is 10.9. The molecule has 0 rings (SSSR count). The predicted molar refractivity (Wildman–Crippen MR) is 39.7 cm³/mol. The summed E-state index contributed by atoms with van der Waals surface area (Å²) in [6, 6.07) is 0. The zero-order valence-electron chi connectivity index (χ0n) is 6.62. The molecule has 0 amide bonds. The minimum Gasteiger partial charge on any atom is -0.412 e. The molecule has 0 aliphatic heterocycles. The lowest BCUT2D eigenvalue weighted by Gasteiger charge is -1.76. The third-order valence-corrected chi connectivity index (χ3v) is 0.289. The van der Waals surface area contributed by atoms with Crippen LogP contribution >= 0.6 is 0 Å². The summed E-state index contributed by atoms with van der Waals surface area (Å²) in [6.45, 7) is 6.78. The fourth-order valence-electron chi connectivity index (χ4n) is 0. The van der Waals surface area contributed by atoms with Crippen LogP contribution in [0.1, 0.15) is 20.8 Å².